The number of hydrogen-bond donors (Lipinski definition) is 1. The van der Waals surface area contributed by atoms with Crippen LogP contribution in [0.2, 0.25) is 0 Å². The molecule has 0 unspecified atom stereocenters. The van der Waals surface area contributed by atoms with Crippen molar-refractivity contribution in [2.75, 3.05) is 6.54 Å². The molecule has 7 nitrogen and oxygen atoms in total. The van der Waals surface area contributed by atoms with Crippen LogP contribution < -0.4 is 10.1 Å². The lowest BCUT2D eigenvalue weighted by Gasteiger charge is -2.36. The van der Waals surface area contributed by atoms with Crippen molar-refractivity contribution in [3.8, 4) is 11.4 Å². The Bertz CT molecular complexity index is 1100. The molecule has 33 heavy (non-hydrogen) atoms. The number of Topliss-reactive ketones (excluding diaryl/α,β-unsaturated/α-hetero) is 1. The van der Waals surface area contributed by atoms with E-state index in [9.17, 15) is 23.2 Å². The summed E-state index contributed by atoms with van der Waals surface area (Å²) in [5.41, 5.74) is 1.56. The summed E-state index contributed by atoms with van der Waals surface area (Å²) in [6.07, 6.45) is 3.33. The van der Waals surface area contributed by atoms with Gasteiger partial charge in [0.2, 0.25) is 0 Å². The number of imide groups is 1. The number of aromatic nitrogens is 1. The monoisotopic (exact) mass is 459 g/mol. The molecule has 3 amide bonds. The van der Waals surface area contributed by atoms with Gasteiger partial charge in [0.05, 0.1) is 6.54 Å². The maximum Gasteiger partial charge on any atom is 0.387 e. The number of carbonyl (C=O) groups excluding carboxylic acids is 3. The summed E-state index contributed by atoms with van der Waals surface area (Å²) in [7, 11) is 0. The topological polar surface area (TPSA) is 80.6 Å². The number of carbonyl (C=O) groups is 3. The molecule has 2 aromatic rings. The van der Waals surface area contributed by atoms with Gasteiger partial charge in [-0.25, -0.2) is 4.79 Å². The quantitative estimate of drug-likeness (QED) is 0.514. The van der Waals surface area contributed by atoms with Crippen LogP contribution in [-0.4, -0.2) is 45.9 Å². The van der Waals surface area contributed by atoms with E-state index in [0.29, 0.717) is 23.4 Å². The van der Waals surface area contributed by atoms with Crippen molar-refractivity contribution < 1.29 is 27.9 Å². The van der Waals surface area contributed by atoms with Gasteiger partial charge in [-0.2, -0.15) is 8.78 Å². The van der Waals surface area contributed by atoms with E-state index in [0.717, 1.165) is 29.9 Å². The number of halogens is 2. The highest BCUT2D eigenvalue weighted by atomic mass is 19.3. The summed E-state index contributed by atoms with van der Waals surface area (Å²) >= 11 is 0. The molecule has 0 radical (unpaired) electrons. The second kappa shape index (κ2) is 8.61. The van der Waals surface area contributed by atoms with Gasteiger partial charge < -0.3 is 14.6 Å². The Morgan fingerprint density at radius 3 is 2.55 bits per heavy atom. The van der Waals surface area contributed by atoms with Gasteiger partial charge in [-0.05, 0) is 62.9 Å². The Morgan fingerprint density at radius 2 is 1.91 bits per heavy atom. The van der Waals surface area contributed by atoms with Gasteiger partial charge in [0.1, 0.15) is 11.3 Å². The lowest BCUT2D eigenvalue weighted by atomic mass is 9.73. The molecule has 1 aromatic heterocycles. The number of rotatable bonds is 6. The average Bonchev–Trinajstić information content (AvgIpc) is 3.19. The minimum Gasteiger partial charge on any atom is -0.435 e. The second-order valence-electron chi connectivity index (χ2n) is 8.86. The molecular weight excluding hydrogens is 432 g/mol. The Balaban J connectivity index is 1.55. The first-order valence-electron chi connectivity index (χ1n) is 11.1. The maximum atomic E-state index is 13.2. The molecule has 176 valence electrons. The summed E-state index contributed by atoms with van der Waals surface area (Å²) in [4.78, 5) is 40.0. The zero-order valence-corrected chi connectivity index (χ0v) is 18.9. The van der Waals surface area contributed by atoms with Gasteiger partial charge in [-0.1, -0.05) is 19.8 Å². The first-order chi connectivity index (χ1) is 15.6. The summed E-state index contributed by atoms with van der Waals surface area (Å²) in [6, 6.07) is 7.29. The Hall–Kier alpha value is -3.23. The van der Waals surface area contributed by atoms with Gasteiger partial charge in [-0.15, -0.1) is 0 Å². The van der Waals surface area contributed by atoms with Crippen LogP contribution in [0.4, 0.5) is 13.6 Å². The molecule has 2 fully saturated rings. The lowest BCUT2D eigenvalue weighted by molar-refractivity contribution is -0.133. The fraction of sp³-hybridized carbons (Fsp3) is 0.458. The van der Waals surface area contributed by atoms with Crippen molar-refractivity contribution in [2.24, 2.45) is 5.92 Å². The van der Waals surface area contributed by atoms with Crippen molar-refractivity contribution in [3.63, 3.8) is 0 Å². The molecule has 2 aliphatic rings. The van der Waals surface area contributed by atoms with E-state index in [-0.39, 0.29) is 29.9 Å². The van der Waals surface area contributed by atoms with Crippen LogP contribution in [-0.2, 0) is 4.79 Å². The van der Waals surface area contributed by atoms with Crippen LogP contribution in [0.5, 0.6) is 5.75 Å². The van der Waals surface area contributed by atoms with Crippen LogP contribution >= 0.6 is 0 Å². The molecule has 4 rings (SSSR count). The molecule has 2 atom stereocenters. The molecule has 1 aliphatic heterocycles. The smallest absolute Gasteiger partial charge is 0.387 e. The van der Waals surface area contributed by atoms with Gasteiger partial charge >= 0.3 is 12.6 Å². The van der Waals surface area contributed by atoms with E-state index >= 15 is 0 Å². The molecule has 1 spiro atoms. The second-order valence-corrected chi connectivity index (χ2v) is 8.86. The molecule has 1 saturated heterocycles. The zero-order valence-electron chi connectivity index (χ0n) is 18.9. The molecule has 1 saturated carbocycles. The molecule has 1 aromatic carbocycles. The summed E-state index contributed by atoms with van der Waals surface area (Å²) in [5, 5.41) is 2.87. The van der Waals surface area contributed by atoms with Crippen molar-refractivity contribution in [2.45, 2.75) is 58.6 Å². The van der Waals surface area contributed by atoms with E-state index in [1.54, 1.807) is 25.1 Å². The predicted octanol–water partition coefficient (Wildman–Crippen LogP) is 4.38. The van der Waals surface area contributed by atoms with E-state index in [2.05, 4.69) is 10.1 Å². The first kappa shape index (κ1) is 22.9. The van der Waals surface area contributed by atoms with Crippen molar-refractivity contribution in [3.05, 3.63) is 47.3 Å². The number of urea groups is 1. The largest absolute Gasteiger partial charge is 0.435 e. The van der Waals surface area contributed by atoms with E-state index in [1.807, 2.05) is 18.4 Å². The number of ketones is 1. The number of alkyl halides is 2. The van der Waals surface area contributed by atoms with Gasteiger partial charge in [0.25, 0.3) is 5.91 Å². The Labute approximate surface area is 190 Å². The summed E-state index contributed by atoms with van der Waals surface area (Å²) in [5.74, 6) is -0.602. The summed E-state index contributed by atoms with van der Waals surface area (Å²) < 4.78 is 31.0. The molecule has 2 heterocycles. The van der Waals surface area contributed by atoms with Gasteiger partial charge in [-0.3, -0.25) is 14.5 Å². The number of nitrogens with zero attached hydrogens (tertiary/aromatic N) is 2. The zero-order chi connectivity index (χ0) is 23.9. The van der Waals surface area contributed by atoms with Crippen molar-refractivity contribution in [1.82, 2.24) is 14.8 Å². The van der Waals surface area contributed by atoms with E-state index < -0.39 is 18.2 Å². The highest BCUT2D eigenvalue weighted by Crippen LogP contribution is 2.38. The molecular formula is C24H27F2N3O4. The van der Waals surface area contributed by atoms with Crippen LogP contribution in [0, 0.1) is 19.8 Å². The lowest BCUT2D eigenvalue weighted by Crippen LogP contribution is -2.54. The van der Waals surface area contributed by atoms with Crippen molar-refractivity contribution in [1.29, 1.82) is 0 Å². The van der Waals surface area contributed by atoms with Gasteiger partial charge in [0, 0.05) is 22.6 Å². The third-order valence-electron chi connectivity index (χ3n) is 6.85. The first-order valence-corrected chi connectivity index (χ1v) is 11.1. The van der Waals surface area contributed by atoms with E-state index in [1.165, 1.54) is 12.1 Å². The van der Waals surface area contributed by atoms with Crippen LogP contribution in [0.1, 0.15) is 54.4 Å². The highest BCUT2D eigenvalue weighted by Gasteiger charge is 2.55. The van der Waals surface area contributed by atoms with Crippen molar-refractivity contribution >= 4 is 17.7 Å². The summed E-state index contributed by atoms with van der Waals surface area (Å²) in [6.45, 7) is 2.31. The maximum absolute atomic E-state index is 13.2. The minimum absolute atomic E-state index is 0.0184. The van der Waals surface area contributed by atoms with Crippen LogP contribution in [0.25, 0.3) is 5.69 Å². The number of nitrogens with one attached hydrogen (secondary N) is 1. The fourth-order valence-corrected chi connectivity index (χ4v) is 5.09. The minimum atomic E-state index is -2.91. The third-order valence-corrected chi connectivity index (χ3v) is 6.85. The molecule has 1 aliphatic carbocycles. The molecule has 0 bridgehead atoms. The SMILES string of the molecule is Cc1cc(C(=O)CN2C(=O)N[C@]3(CCCC[C@H]3C)C2=O)c(C)n1-c1ccc(OC(F)F)cc1. The Morgan fingerprint density at radius 1 is 1.21 bits per heavy atom. The van der Waals surface area contributed by atoms with Crippen LogP contribution in [0.3, 0.4) is 0 Å². The number of amides is 3. The van der Waals surface area contributed by atoms with Crippen LogP contribution in [0.15, 0.2) is 30.3 Å². The highest BCUT2D eigenvalue weighted by molar-refractivity contribution is 6.11. The van der Waals surface area contributed by atoms with E-state index in [4.69, 9.17) is 0 Å². The number of hydrogen-bond acceptors (Lipinski definition) is 4. The number of aryl methyl sites for hydroxylation is 1. The van der Waals surface area contributed by atoms with Gasteiger partial charge in [0.15, 0.2) is 5.78 Å². The average molecular weight is 459 g/mol. The third kappa shape index (κ3) is 4.00. The predicted molar refractivity (Wildman–Crippen MR) is 117 cm³/mol. The fourth-order valence-electron chi connectivity index (χ4n) is 5.09. The number of ether oxygens (including phenoxy) is 1. The standard InChI is InChI=1S/C24H27F2N3O4/c1-14-6-4-5-11-24(14)21(31)28(23(32)27-24)13-20(30)19-12-15(2)29(16(19)3)17-7-9-18(10-8-17)33-22(25)26/h7-10,12,14,22H,4-6,11,13H2,1-3H3,(H,27,32)/t14-,24+/m1/s1. The number of benzene rings is 1. The Kier molecular flexibility index (Phi) is 5.99. The molecule has 9 heteroatoms. The normalized spacial score (nSPS) is 22.8. The molecule has 1 N–H and O–H groups in total.